The van der Waals surface area contributed by atoms with Crippen LogP contribution in [0.4, 0.5) is 5.69 Å². The predicted octanol–water partition coefficient (Wildman–Crippen LogP) is 4.65. The molecule has 0 radical (unpaired) electrons. The summed E-state index contributed by atoms with van der Waals surface area (Å²) in [6.07, 6.45) is 1.59. The maximum Gasteiger partial charge on any atom is 0.271 e. The van der Waals surface area contributed by atoms with Crippen LogP contribution in [0, 0.1) is 0 Å². The summed E-state index contributed by atoms with van der Waals surface area (Å²) < 4.78 is 5.35. The number of rotatable bonds is 7. The van der Waals surface area contributed by atoms with Crippen molar-refractivity contribution in [3.63, 3.8) is 0 Å². The Kier molecular flexibility index (Phi) is 7.70. The van der Waals surface area contributed by atoms with E-state index in [9.17, 15) is 14.7 Å². The number of benzene rings is 3. The van der Waals surface area contributed by atoms with Crippen LogP contribution >= 0.6 is 23.2 Å². The number of hydrogen-bond donors (Lipinski definition) is 3. The van der Waals surface area contributed by atoms with Crippen molar-refractivity contribution in [3.05, 3.63) is 87.4 Å². The van der Waals surface area contributed by atoms with E-state index in [1.54, 1.807) is 36.4 Å². The smallest absolute Gasteiger partial charge is 0.271 e. The lowest BCUT2D eigenvalue weighted by atomic mass is 10.1. The van der Waals surface area contributed by atoms with Crippen LogP contribution in [0.15, 0.2) is 65.8 Å². The van der Waals surface area contributed by atoms with Crippen LogP contribution in [0.25, 0.3) is 0 Å². The number of halogens is 2. The summed E-state index contributed by atoms with van der Waals surface area (Å²) in [6.45, 7) is 0. The van der Waals surface area contributed by atoms with E-state index in [-0.39, 0.29) is 28.7 Å². The Morgan fingerprint density at radius 1 is 1.09 bits per heavy atom. The fourth-order valence-corrected chi connectivity index (χ4v) is 3.20. The molecule has 0 aromatic heterocycles. The second kappa shape index (κ2) is 10.7. The molecule has 0 unspecified atom stereocenters. The van der Waals surface area contributed by atoms with Gasteiger partial charge < -0.3 is 15.2 Å². The van der Waals surface area contributed by atoms with Crippen LogP contribution in [0.3, 0.4) is 0 Å². The number of amides is 2. The highest BCUT2D eigenvalue weighted by molar-refractivity contribution is 6.32. The molecule has 0 heterocycles. The van der Waals surface area contributed by atoms with Gasteiger partial charge in [0, 0.05) is 27.9 Å². The molecule has 3 rings (SSSR count). The minimum absolute atomic E-state index is 0.0660. The molecule has 2 amide bonds. The topological polar surface area (TPSA) is 100 Å². The monoisotopic (exact) mass is 471 g/mol. The molecule has 0 aliphatic carbocycles. The van der Waals surface area contributed by atoms with Crippen LogP contribution in [-0.2, 0) is 11.2 Å². The van der Waals surface area contributed by atoms with Gasteiger partial charge in [-0.1, -0.05) is 35.3 Å². The summed E-state index contributed by atoms with van der Waals surface area (Å²) in [6, 6.07) is 16.2. The normalized spacial score (nSPS) is 10.7. The van der Waals surface area contributed by atoms with E-state index in [4.69, 9.17) is 27.9 Å². The fraction of sp³-hybridized carbons (Fsp3) is 0.0870. The van der Waals surface area contributed by atoms with Gasteiger partial charge in [0.2, 0.25) is 5.91 Å². The molecular formula is C23H19Cl2N3O4. The number of phenols is 1. The molecule has 164 valence electrons. The predicted molar refractivity (Wildman–Crippen MR) is 125 cm³/mol. The molecule has 0 spiro atoms. The summed E-state index contributed by atoms with van der Waals surface area (Å²) in [4.78, 5) is 24.5. The van der Waals surface area contributed by atoms with Crippen LogP contribution in [0.2, 0.25) is 10.0 Å². The number of phenolic OH excluding ortho intramolecular Hbond substituents is 1. The van der Waals surface area contributed by atoms with Gasteiger partial charge in [-0.05, 0) is 48.0 Å². The zero-order valence-corrected chi connectivity index (χ0v) is 18.4. The Morgan fingerprint density at radius 3 is 2.62 bits per heavy atom. The molecule has 7 nitrogen and oxygen atoms in total. The lowest BCUT2D eigenvalue weighted by Gasteiger charge is -2.10. The minimum Gasteiger partial charge on any atom is -0.506 e. The summed E-state index contributed by atoms with van der Waals surface area (Å²) in [5.74, 6) is -0.352. The van der Waals surface area contributed by atoms with E-state index in [1.165, 1.54) is 31.5 Å². The van der Waals surface area contributed by atoms with Crippen molar-refractivity contribution in [2.75, 3.05) is 12.4 Å². The standard InChI is InChI=1S/C23H19Cl2N3O4/c1-32-21-12-18(27-22(30)10-14-3-2-4-17(24)9-14)7-5-16(21)13-26-28-23(31)15-6-8-20(29)19(25)11-15/h2-9,11-13,29H,10H2,1H3,(H,27,30)(H,28,31). The van der Waals surface area contributed by atoms with Crippen molar-refractivity contribution >= 4 is 46.9 Å². The van der Waals surface area contributed by atoms with Gasteiger partial charge in [-0.25, -0.2) is 5.43 Å². The van der Waals surface area contributed by atoms with Gasteiger partial charge in [-0.3, -0.25) is 9.59 Å². The van der Waals surface area contributed by atoms with Crippen molar-refractivity contribution in [1.29, 1.82) is 0 Å². The number of aromatic hydroxyl groups is 1. The molecular weight excluding hydrogens is 453 g/mol. The number of carbonyl (C=O) groups excluding carboxylic acids is 2. The maximum absolute atomic E-state index is 12.3. The van der Waals surface area contributed by atoms with E-state index >= 15 is 0 Å². The van der Waals surface area contributed by atoms with Gasteiger partial charge in [0.1, 0.15) is 11.5 Å². The Labute approximate surface area is 194 Å². The van der Waals surface area contributed by atoms with Crippen molar-refractivity contribution < 1.29 is 19.4 Å². The lowest BCUT2D eigenvalue weighted by Crippen LogP contribution is -2.17. The SMILES string of the molecule is COc1cc(NC(=O)Cc2cccc(Cl)c2)ccc1C=NNC(=O)c1ccc(O)c(Cl)c1. The van der Waals surface area contributed by atoms with E-state index in [2.05, 4.69) is 15.8 Å². The summed E-state index contributed by atoms with van der Waals surface area (Å²) in [7, 11) is 1.49. The van der Waals surface area contributed by atoms with Gasteiger partial charge in [0.05, 0.1) is 24.8 Å². The number of carbonyl (C=O) groups is 2. The van der Waals surface area contributed by atoms with E-state index in [0.29, 0.717) is 22.0 Å². The third-order valence-corrected chi connectivity index (χ3v) is 4.89. The summed E-state index contributed by atoms with van der Waals surface area (Å²) in [5.41, 5.74) is 4.56. The Bertz CT molecular complexity index is 1180. The van der Waals surface area contributed by atoms with Crippen LogP contribution < -0.4 is 15.5 Å². The second-order valence-corrected chi connectivity index (χ2v) is 7.52. The number of hydrogen-bond acceptors (Lipinski definition) is 5. The summed E-state index contributed by atoms with van der Waals surface area (Å²) >= 11 is 11.8. The number of nitrogens with one attached hydrogen (secondary N) is 2. The molecule has 9 heteroatoms. The van der Waals surface area contributed by atoms with Gasteiger partial charge in [-0.15, -0.1) is 0 Å². The van der Waals surface area contributed by atoms with Crippen molar-refractivity contribution in [3.8, 4) is 11.5 Å². The fourth-order valence-electron chi connectivity index (χ4n) is 2.81. The van der Waals surface area contributed by atoms with Gasteiger partial charge in [0.15, 0.2) is 0 Å². The van der Waals surface area contributed by atoms with Crippen LogP contribution in [0.1, 0.15) is 21.5 Å². The third-order valence-electron chi connectivity index (χ3n) is 4.35. The van der Waals surface area contributed by atoms with E-state index < -0.39 is 5.91 Å². The maximum atomic E-state index is 12.3. The molecule has 3 aromatic carbocycles. The second-order valence-electron chi connectivity index (χ2n) is 6.68. The highest BCUT2D eigenvalue weighted by Gasteiger charge is 2.09. The van der Waals surface area contributed by atoms with Crippen molar-refractivity contribution in [2.24, 2.45) is 5.10 Å². The van der Waals surface area contributed by atoms with Gasteiger partial charge in [0.25, 0.3) is 5.91 Å². The largest absolute Gasteiger partial charge is 0.506 e. The number of nitrogens with zero attached hydrogens (tertiary/aromatic N) is 1. The van der Waals surface area contributed by atoms with Crippen molar-refractivity contribution in [2.45, 2.75) is 6.42 Å². The molecule has 0 aliphatic heterocycles. The number of anilines is 1. The average molecular weight is 472 g/mol. The van der Waals surface area contributed by atoms with Crippen molar-refractivity contribution in [1.82, 2.24) is 5.43 Å². The highest BCUT2D eigenvalue weighted by Crippen LogP contribution is 2.24. The first-order valence-corrected chi connectivity index (χ1v) is 10.2. The summed E-state index contributed by atoms with van der Waals surface area (Å²) in [5, 5.41) is 16.8. The molecule has 0 aliphatic rings. The van der Waals surface area contributed by atoms with E-state index in [0.717, 1.165) is 5.56 Å². The van der Waals surface area contributed by atoms with Gasteiger partial charge in [-0.2, -0.15) is 5.10 Å². The molecule has 3 aromatic rings. The third kappa shape index (κ3) is 6.23. The van der Waals surface area contributed by atoms with Gasteiger partial charge >= 0.3 is 0 Å². The zero-order chi connectivity index (χ0) is 23.1. The first-order chi connectivity index (χ1) is 15.4. The molecule has 0 saturated carbocycles. The Hall–Kier alpha value is -3.55. The quantitative estimate of drug-likeness (QED) is 0.344. The lowest BCUT2D eigenvalue weighted by molar-refractivity contribution is -0.115. The molecule has 0 atom stereocenters. The Balaban J connectivity index is 1.63. The first kappa shape index (κ1) is 23.1. The zero-order valence-electron chi connectivity index (χ0n) is 16.9. The minimum atomic E-state index is -0.494. The highest BCUT2D eigenvalue weighted by atomic mass is 35.5. The molecule has 0 bridgehead atoms. The average Bonchev–Trinajstić information content (AvgIpc) is 2.76. The number of ether oxygens (including phenoxy) is 1. The van der Waals surface area contributed by atoms with Crippen LogP contribution in [0.5, 0.6) is 11.5 Å². The Morgan fingerprint density at radius 2 is 1.91 bits per heavy atom. The molecule has 32 heavy (non-hydrogen) atoms. The molecule has 3 N–H and O–H groups in total. The van der Waals surface area contributed by atoms with E-state index in [1.807, 2.05) is 6.07 Å². The van der Waals surface area contributed by atoms with Crippen LogP contribution in [-0.4, -0.2) is 30.2 Å². The number of hydrazone groups is 1. The number of methoxy groups -OCH3 is 1. The molecule has 0 saturated heterocycles. The molecule has 0 fully saturated rings. The first-order valence-electron chi connectivity index (χ1n) is 9.40.